The van der Waals surface area contributed by atoms with Gasteiger partial charge in [-0.15, -0.1) is 16.4 Å². The number of aromatic nitrogens is 3. The molecular formula is C16H13BrN4OS. The molecule has 0 atom stereocenters. The highest BCUT2D eigenvalue weighted by molar-refractivity contribution is 9.11. The molecule has 1 amide bonds. The maximum atomic E-state index is 11.9. The van der Waals surface area contributed by atoms with E-state index in [1.54, 1.807) is 28.4 Å². The molecule has 0 spiro atoms. The fourth-order valence-corrected chi connectivity index (χ4v) is 3.25. The SMILES string of the molecule is O=C(/C=C/c1ccc(Br)s1)Nc1ncn(Cc2ccccc2)n1. The van der Waals surface area contributed by atoms with E-state index in [1.807, 2.05) is 42.5 Å². The number of hydrogen-bond donors (Lipinski definition) is 1. The maximum Gasteiger partial charge on any atom is 0.250 e. The maximum absolute atomic E-state index is 11.9. The van der Waals surface area contributed by atoms with Gasteiger partial charge in [-0.25, -0.2) is 9.67 Å². The Morgan fingerprint density at radius 2 is 2.09 bits per heavy atom. The van der Waals surface area contributed by atoms with Crippen molar-refractivity contribution in [1.82, 2.24) is 14.8 Å². The minimum absolute atomic E-state index is 0.257. The zero-order valence-corrected chi connectivity index (χ0v) is 14.4. The molecule has 3 aromatic rings. The number of nitrogens with zero attached hydrogens (tertiary/aromatic N) is 3. The lowest BCUT2D eigenvalue weighted by Gasteiger charge is -2.00. The Kier molecular flexibility index (Phi) is 4.99. The molecule has 0 aliphatic heterocycles. The van der Waals surface area contributed by atoms with E-state index in [0.717, 1.165) is 14.2 Å². The standard InChI is InChI=1S/C16H13BrN4OS/c17-14-8-6-13(23-14)7-9-15(22)19-16-18-11-21(20-16)10-12-4-2-1-3-5-12/h1-9,11H,10H2,(H,19,20,22)/b9-7+. The third-order valence-electron chi connectivity index (χ3n) is 2.95. The number of nitrogens with one attached hydrogen (secondary N) is 1. The van der Waals surface area contributed by atoms with Gasteiger partial charge in [-0.2, -0.15) is 0 Å². The molecule has 23 heavy (non-hydrogen) atoms. The van der Waals surface area contributed by atoms with Gasteiger partial charge in [0.05, 0.1) is 10.3 Å². The van der Waals surface area contributed by atoms with Gasteiger partial charge in [0.1, 0.15) is 6.33 Å². The fourth-order valence-electron chi connectivity index (χ4n) is 1.93. The van der Waals surface area contributed by atoms with Crippen LogP contribution in [0.25, 0.3) is 6.08 Å². The smallest absolute Gasteiger partial charge is 0.250 e. The third-order valence-corrected chi connectivity index (χ3v) is 4.54. The molecule has 0 unspecified atom stereocenters. The number of benzene rings is 1. The van der Waals surface area contributed by atoms with E-state index in [-0.39, 0.29) is 5.91 Å². The van der Waals surface area contributed by atoms with Crippen LogP contribution in [0.2, 0.25) is 0 Å². The molecule has 3 rings (SSSR count). The lowest BCUT2D eigenvalue weighted by atomic mass is 10.2. The molecule has 0 fully saturated rings. The second kappa shape index (κ2) is 7.34. The van der Waals surface area contributed by atoms with Gasteiger partial charge < -0.3 is 0 Å². The first-order chi connectivity index (χ1) is 11.2. The van der Waals surface area contributed by atoms with E-state index < -0.39 is 0 Å². The lowest BCUT2D eigenvalue weighted by Crippen LogP contribution is -2.10. The molecule has 0 aliphatic rings. The van der Waals surface area contributed by atoms with E-state index in [4.69, 9.17) is 0 Å². The number of carbonyl (C=O) groups is 1. The number of carbonyl (C=O) groups excluding carboxylic acids is 1. The molecule has 7 heteroatoms. The van der Waals surface area contributed by atoms with Crippen molar-refractivity contribution in [2.24, 2.45) is 0 Å². The zero-order valence-electron chi connectivity index (χ0n) is 12.0. The summed E-state index contributed by atoms with van der Waals surface area (Å²) in [5.41, 5.74) is 1.12. The van der Waals surface area contributed by atoms with Crippen LogP contribution in [0.5, 0.6) is 0 Å². The third kappa shape index (κ3) is 4.61. The van der Waals surface area contributed by atoms with Crippen LogP contribution in [0, 0.1) is 0 Å². The Bertz CT molecular complexity index is 825. The van der Waals surface area contributed by atoms with Crippen molar-refractivity contribution in [1.29, 1.82) is 0 Å². The zero-order chi connectivity index (χ0) is 16.1. The number of halogens is 1. The molecular weight excluding hydrogens is 376 g/mol. The van der Waals surface area contributed by atoms with Gasteiger partial charge in [0.2, 0.25) is 5.95 Å². The highest BCUT2D eigenvalue weighted by Gasteiger charge is 2.04. The summed E-state index contributed by atoms with van der Waals surface area (Å²) in [4.78, 5) is 17.0. The minimum Gasteiger partial charge on any atom is -0.290 e. The first-order valence-electron chi connectivity index (χ1n) is 6.87. The average Bonchev–Trinajstić information content (AvgIpc) is 3.15. The van der Waals surface area contributed by atoms with Crippen LogP contribution in [0.3, 0.4) is 0 Å². The average molecular weight is 389 g/mol. The van der Waals surface area contributed by atoms with Crippen LogP contribution in [0.4, 0.5) is 5.95 Å². The monoisotopic (exact) mass is 388 g/mol. The van der Waals surface area contributed by atoms with Gasteiger partial charge in [-0.05, 0) is 39.7 Å². The first kappa shape index (κ1) is 15.6. The van der Waals surface area contributed by atoms with Crippen molar-refractivity contribution >= 4 is 45.2 Å². The van der Waals surface area contributed by atoms with Crippen LogP contribution in [0.1, 0.15) is 10.4 Å². The number of rotatable bonds is 5. The predicted octanol–water partition coefficient (Wildman–Crippen LogP) is 3.80. The number of anilines is 1. The van der Waals surface area contributed by atoms with Gasteiger partial charge in [0.25, 0.3) is 5.91 Å². The topological polar surface area (TPSA) is 59.8 Å². The number of thiophene rings is 1. The second-order valence-corrected chi connectivity index (χ2v) is 7.21. The number of hydrogen-bond acceptors (Lipinski definition) is 4. The first-order valence-corrected chi connectivity index (χ1v) is 8.48. The highest BCUT2D eigenvalue weighted by Crippen LogP contribution is 2.22. The summed E-state index contributed by atoms with van der Waals surface area (Å²) in [5, 5.41) is 6.89. The van der Waals surface area contributed by atoms with Crippen molar-refractivity contribution in [2.45, 2.75) is 6.54 Å². The van der Waals surface area contributed by atoms with E-state index in [1.165, 1.54) is 6.08 Å². The van der Waals surface area contributed by atoms with Gasteiger partial charge in [-0.3, -0.25) is 10.1 Å². The van der Waals surface area contributed by atoms with E-state index >= 15 is 0 Å². The Labute approximate surface area is 145 Å². The summed E-state index contributed by atoms with van der Waals surface area (Å²) in [6.45, 7) is 0.614. The minimum atomic E-state index is -0.257. The Morgan fingerprint density at radius 1 is 1.26 bits per heavy atom. The summed E-state index contributed by atoms with van der Waals surface area (Å²) >= 11 is 4.94. The molecule has 2 heterocycles. The van der Waals surface area contributed by atoms with Crippen molar-refractivity contribution < 1.29 is 4.79 Å². The van der Waals surface area contributed by atoms with Gasteiger partial charge >= 0.3 is 0 Å². The van der Waals surface area contributed by atoms with E-state index in [9.17, 15) is 4.79 Å². The summed E-state index contributed by atoms with van der Waals surface area (Å²) < 4.78 is 2.71. The summed E-state index contributed by atoms with van der Waals surface area (Å²) in [7, 11) is 0. The predicted molar refractivity (Wildman–Crippen MR) is 95.2 cm³/mol. The van der Waals surface area contributed by atoms with Crippen LogP contribution < -0.4 is 5.32 Å². The molecule has 2 aromatic heterocycles. The molecule has 0 saturated carbocycles. The molecule has 0 aliphatic carbocycles. The molecule has 1 aromatic carbocycles. The van der Waals surface area contributed by atoms with Crippen LogP contribution >= 0.6 is 27.3 Å². The fraction of sp³-hybridized carbons (Fsp3) is 0.0625. The normalized spacial score (nSPS) is 11.0. The van der Waals surface area contributed by atoms with Crippen molar-refractivity contribution in [3.63, 3.8) is 0 Å². The largest absolute Gasteiger partial charge is 0.290 e. The van der Waals surface area contributed by atoms with Gasteiger partial charge in [0.15, 0.2) is 0 Å². The van der Waals surface area contributed by atoms with Gasteiger partial charge in [-0.1, -0.05) is 30.3 Å². The summed E-state index contributed by atoms with van der Waals surface area (Å²) in [5.74, 6) is 0.0370. The van der Waals surface area contributed by atoms with Crippen molar-refractivity contribution in [2.75, 3.05) is 5.32 Å². The molecule has 0 saturated heterocycles. The van der Waals surface area contributed by atoms with E-state index in [0.29, 0.717) is 12.5 Å². The van der Waals surface area contributed by atoms with Crippen molar-refractivity contribution in [3.05, 3.63) is 69.1 Å². The molecule has 0 bridgehead atoms. The molecule has 5 nitrogen and oxygen atoms in total. The van der Waals surface area contributed by atoms with Crippen LogP contribution in [0.15, 0.2) is 58.7 Å². The quantitative estimate of drug-likeness (QED) is 0.676. The second-order valence-electron chi connectivity index (χ2n) is 4.72. The molecule has 116 valence electrons. The van der Waals surface area contributed by atoms with E-state index in [2.05, 4.69) is 31.3 Å². The number of amides is 1. The Hall–Kier alpha value is -2.25. The van der Waals surface area contributed by atoms with Gasteiger partial charge in [0, 0.05) is 11.0 Å². The van der Waals surface area contributed by atoms with Crippen molar-refractivity contribution in [3.8, 4) is 0 Å². The summed E-state index contributed by atoms with van der Waals surface area (Å²) in [6.07, 6.45) is 4.82. The molecule has 1 N–H and O–H groups in total. The van der Waals surface area contributed by atoms with Crippen LogP contribution in [-0.4, -0.2) is 20.7 Å². The Balaban J connectivity index is 1.58. The summed E-state index contributed by atoms with van der Waals surface area (Å²) in [6, 6.07) is 13.8. The highest BCUT2D eigenvalue weighted by atomic mass is 79.9. The molecule has 0 radical (unpaired) electrons. The lowest BCUT2D eigenvalue weighted by molar-refractivity contribution is -0.111. The Morgan fingerprint density at radius 3 is 2.83 bits per heavy atom. The van der Waals surface area contributed by atoms with Crippen LogP contribution in [-0.2, 0) is 11.3 Å².